The van der Waals surface area contributed by atoms with Gasteiger partial charge in [0.2, 0.25) is 0 Å². The molecule has 0 saturated heterocycles. The van der Waals surface area contributed by atoms with Crippen LogP contribution in [-0.2, 0) is 9.59 Å². The molecule has 0 fully saturated rings. The highest BCUT2D eigenvalue weighted by molar-refractivity contribution is 9.11. The zero-order valence-corrected chi connectivity index (χ0v) is 23.6. The van der Waals surface area contributed by atoms with Crippen LogP contribution in [0.3, 0.4) is 0 Å². The summed E-state index contributed by atoms with van der Waals surface area (Å²) in [5, 5.41) is 0. The summed E-state index contributed by atoms with van der Waals surface area (Å²) in [6.07, 6.45) is 2.68. The van der Waals surface area contributed by atoms with E-state index in [9.17, 15) is 9.59 Å². The SMILES string of the molecule is CCOc1c(Br)cc(C2C3=C(CC(C)(C)CC3=O)N(CC)C3=C2C(=O)CC(C)(C)C3)cc1Br. The van der Waals surface area contributed by atoms with E-state index in [0.29, 0.717) is 19.4 Å². The van der Waals surface area contributed by atoms with E-state index in [-0.39, 0.29) is 28.3 Å². The van der Waals surface area contributed by atoms with Gasteiger partial charge < -0.3 is 9.64 Å². The topological polar surface area (TPSA) is 46.6 Å². The number of Topliss-reactive ketones (excluding diaryl/α,β-unsaturated/α-hetero) is 2. The summed E-state index contributed by atoms with van der Waals surface area (Å²) in [6, 6.07) is 4.05. The fraction of sp³-hybridized carbons (Fsp3) is 0.556. The minimum Gasteiger partial charge on any atom is -0.492 e. The van der Waals surface area contributed by atoms with Crippen molar-refractivity contribution in [2.75, 3.05) is 13.2 Å². The Morgan fingerprint density at radius 2 is 1.33 bits per heavy atom. The van der Waals surface area contributed by atoms with Crippen molar-refractivity contribution in [1.82, 2.24) is 4.90 Å². The molecule has 4 nitrogen and oxygen atoms in total. The second-order valence-corrected chi connectivity index (χ2v) is 12.7. The van der Waals surface area contributed by atoms with Crippen molar-refractivity contribution < 1.29 is 14.3 Å². The standard InChI is InChI=1S/C27H33Br2NO3/c1-7-30-18-11-26(3,4)13-20(31)23(18)22(24-19(30)12-27(5,6)14-21(24)32)15-9-16(28)25(33-8-2)17(29)10-15/h9-10,22H,7-8,11-14H2,1-6H3. The van der Waals surface area contributed by atoms with Crippen LogP contribution >= 0.6 is 31.9 Å². The van der Waals surface area contributed by atoms with E-state index >= 15 is 0 Å². The molecule has 1 aliphatic heterocycles. The highest BCUT2D eigenvalue weighted by Gasteiger charge is 2.48. The zero-order valence-electron chi connectivity index (χ0n) is 20.4. The van der Waals surface area contributed by atoms with E-state index in [1.54, 1.807) is 0 Å². The van der Waals surface area contributed by atoms with Gasteiger partial charge in [-0.05, 0) is 87.1 Å². The predicted molar refractivity (Wildman–Crippen MR) is 138 cm³/mol. The molecule has 33 heavy (non-hydrogen) atoms. The summed E-state index contributed by atoms with van der Waals surface area (Å²) in [6.45, 7) is 14.1. The molecule has 0 radical (unpaired) electrons. The average molecular weight is 579 g/mol. The van der Waals surface area contributed by atoms with Gasteiger partial charge in [-0.2, -0.15) is 0 Å². The van der Waals surface area contributed by atoms with Crippen molar-refractivity contribution in [3.63, 3.8) is 0 Å². The number of rotatable bonds is 4. The molecule has 0 amide bonds. The van der Waals surface area contributed by atoms with Gasteiger partial charge in [0, 0.05) is 47.8 Å². The molecule has 0 bridgehead atoms. The maximum atomic E-state index is 13.7. The number of nitrogens with zero attached hydrogens (tertiary/aromatic N) is 1. The second-order valence-electron chi connectivity index (χ2n) is 11.0. The van der Waals surface area contributed by atoms with E-state index in [4.69, 9.17) is 4.74 Å². The lowest BCUT2D eigenvalue weighted by Gasteiger charge is -2.49. The summed E-state index contributed by atoms with van der Waals surface area (Å²) in [4.78, 5) is 29.6. The van der Waals surface area contributed by atoms with Gasteiger partial charge in [-0.3, -0.25) is 9.59 Å². The van der Waals surface area contributed by atoms with Gasteiger partial charge in [0.15, 0.2) is 11.6 Å². The molecule has 0 atom stereocenters. The van der Waals surface area contributed by atoms with E-state index < -0.39 is 0 Å². The van der Waals surface area contributed by atoms with Crippen molar-refractivity contribution in [2.45, 2.75) is 73.1 Å². The molecule has 0 unspecified atom stereocenters. The molecule has 0 spiro atoms. The third kappa shape index (κ3) is 4.38. The highest BCUT2D eigenvalue weighted by atomic mass is 79.9. The molecule has 1 heterocycles. The van der Waals surface area contributed by atoms with Crippen molar-refractivity contribution in [3.05, 3.63) is 49.2 Å². The molecule has 1 aromatic carbocycles. The normalized spacial score (nSPS) is 22.5. The van der Waals surface area contributed by atoms with Crippen LogP contribution in [0.2, 0.25) is 0 Å². The Bertz CT molecular complexity index is 1020. The van der Waals surface area contributed by atoms with Crippen molar-refractivity contribution in [1.29, 1.82) is 0 Å². The molecule has 1 aromatic rings. The minimum atomic E-state index is -0.340. The Morgan fingerprint density at radius 1 is 0.879 bits per heavy atom. The zero-order chi connectivity index (χ0) is 24.3. The van der Waals surface area contributed by atoms with Crippen LogP contribution in [-0.4, -0.2) is 29.6 Å². The maximum Gasteiger partial charge on any atom is 0.162 e. The fourth-order valence-electron chi connectivity index (χ4n) is 5.79. The Kier molecular flexibility index (Phi) is 6.50. The van der Waals surface area contributed by atoms with E-state index in [1.807, 2.05) is 19.1 Å². The smallest absolute Gasteiger partial charge is 0.162 e. The molecule has 4 rings (SSSR count). The minimum absolute atomic E-state index is 0.0971. The Hall–Kier alpha value is -1.40. The van der Waals surface area contributed by atoms with Gasteiger partial charge >= 0.3 is 0 Å². The number of allylic oxidation sites excluding steroid dienone is 4. The number of hydrogen-bond donors (Lipinski definition) is 0. The number of hydrogen-bond acceptors (Lipinski definition) is 4. The fourth-order valence-corrected chi connectivity index (χ4v) is 7.24. The quantitative estimate of drug-likeness (QED) is 0.375. The van der Waals surface area contributed by atoms with Gasteiger partial charge in [0.25, 0.3) is 0 Å². The molecule has 2 aliphatic carbocycles. The average Bonchev–Trinajstić information content (AvgIpc) is 2.67. The first-order chi connectivity index (χ1) is 15.4. The van der Waals surface area contributed by atoms with Gasteiger partial charge in [-0.1, -0.05) is 27.7 Å². The molecule has 6 heteroatoms. The lowest BCUT2D eigenvalue weighted by Crippen LogP contribution is -2.44. The Morgan fingerprint density at radius 3 is 1.73 bits per heavy atom. The van der Waals surface area contributed by atoms with Gasteiger partial charge in [-0.15, -0.1) is 0 Å². The number of ether oxygens (including phenoxy) is 1. The van der Waals surface area contributed by atoms with Crippen LogP contribution in [0.1, 0.15) is 78.7 Å². The van der Waals surface area contributed by atoms with E-state index in [0.717, 1.165) is 62.2 Å². The van der Waals surface area contributed by atoms with Crippen molar-refractivity contribution in [2.24, 2.45) is 10.8 Å². The number of benzene rings is 1. The first kappa shape index (κ1) is 24.7. The van der Waals surface area contributed by atoms with Crippen LogP contribution in [0, 0.1) is 10.8 Å². The molecular weight excluding hydrogens is 546 g/mol. The van der Waals surface area contributed by atoms with Crippen LogP contribution in [0.15, 0.2) is 43.6 Å². The monoisotopic (exact) mass is 577 g/mol. The van der Waals surface area contributed by atoms with Gasteiger partial charge in [0.1, 0.15) is 5.75 Å². The lowest BCUT2D eigenvalue weighted by atomic mass is 9.63. The maximum absolute atomic E-state index is 13.7. The number of halogens is 2. The van der Waals surface area contributed by atoms with E-state index in [2.05, 4.69) is 71.4 Å². The van der Waals surface area contributed by atoms with Gasteiger partial charge in [0.05, 0.1) is 15.6 Å². The molecule has 0 saturated carbocycles. The third-order valence-electron chi connectivity index (χ3n) is 6.98. The summed E-state index contributed by atoms with van der Waals surface area (Å²) < 4.78 is 7.44. The first-order valence-electron chi connectivity index (χ1n) is 11.8. The van der Waals surface area contributed by atoms with Crippen LogP contribution in [0.25, 0.3) is 0 Å². The van der Waals surface area contributed by atoms with Crippen LogP contribution in [0.5, 0.6) is 5.75 Å². The van der Waals surface area contributed by atoms with E-state index in [1.165, 1.54) is 0 Å². The summed E-state index contributed by atoms with van der Waals surface area (Å²) >= 11 is 7.33. The number of carbonyl (C=O) groups is 2. The predicted octanol–water partition coefficient (Wildman–Crippen LogP) is 7.32. The Balaban J connectivity index is 1.99. The summed E-state index contributed by atoms with van der Waals surface area (Å²) in [7, 11) is 0. The highest BCUT2D eigenvalue weighted by Crippen LogP contribution is 2.55. The van der Waals surface area contributed by atoms with Crippen LogP contribution in [0.4, 0.5) is 0 Å². The summed E-state index contributed by atoms with van der Waals surface area (Å²) in [5.74, 6) is 0.723. The molecular formula is C27H33Br2NO3. The van der Waals surface area contributed by atoms with Crippen molar-refractivity contribution >= 4 is 43.4 Å². The molecule has 178 valence electrons. The van der Waals surface area contributed by atoms with Gasteiger partial charge in [-0.25, -0.2) is 0 Å². The molecule has 0 aromatic heterocycles. The summed E-state index contributed by atoms with van der Waals surface area (Å²) in [5.41, 5.74) is 4.59. The van der Waals surface area contributed by atoms with Crippen molar-refractivity contribution in [3.8, 4) is 5.75 Å². The number of carbonyl (C=O) groups excluding carboxylic acids is 2. The Labute approximate surface area is 214 Å². The molecule has 3 aliphatic rings. The number of ketones is 2. The largest absolute Gasteiger partial charge is 0.492 e. The van der Waals surface area contributed by atoms with Crippen LogP contribution < -0.4 is 4.74 Å². The lowest BCUT2D eigenvalue weighted by molar-refractivity contribution is -0.119. The second kappa shape index (κ2) is 8.67. The first-order valence-corrected chi connectivity index (χ1v) is 13.4. The third-order valence-corrected chi connectivity index (χ3v) is 8.16. The molecule has 0 N–H and O–H groups in total.